The molecule has 1 heterocycles. The van der Waals surface area contributed by atoms with Crippen LogP contribution >= 0.6 is 11.8 Å². The van der Waals surface area contributed by atoms with Crippen LogP contribution in [0.4, 0.5) is 5.69 Å². The fourth-order valence-corrected chi connectivity index (χ4v) is 3.26. The molecule has 0 saturated carbocycles. The van der Waals surface area contributed by atoms with Gasteiger partial charge < -0.3 is 9.84 Å². The normalized spacial score (nSPS) is 12.2. The van der Waals surface area contributed by atoms with E-state index in [2.05, 4.69) is 15.5 Å². The molecule has 0 bridgehead atoms. The molecule has 1 atom stereocenters. The van der Waals surface area contributed by atoms with Crippen molar-refractivity contribution in [2.45, 2.75) is 52.2 Å². The molecule has 0 fully saturated rings. The Morgan fingerprint density at radius 3 is 2.67 bits per heavy atom. The van der Waals surface area contributed by atoms with E-state index in [1.807, 2.05) is 45.9 Å². The first-order valence-corrected chi connectivity index (χ1v) is 9.36. The van der Waals surface area contributed by atoms with Crippen molar-refractivity contribution in [3.05, 3.63) is 41.0 Å². The minimum absolute atomic E-state index is 0.0618. The van der Waals surface area contributed by atoms with E-state index >= 15 is 0 Å². The molecule has 1 N–H and O–H groups in total. The number of nitrogens with zero attached hydrogens (tertiary/aromatic N) is 2. The average Bonchev–Trinajstić information content (AvgIpc) is 3.04. The second-order valence-corrected chi connectivity index (χ2v) is 7.28. The lowest BCUT2D eigenvalue weighted by atomic mass is 10.1. The zero-order valence-electron chi connectivity index (χ0n) is 14.8. The highest BCUT2D eigenvalue weighted by molar-refractivity contribution is 7.99. The molecule has 5 nitrogen and oxygen atoms in total. The lowest BCUT2D eigenvalue weighted by Gasteiger charge is -2.11. The SMILES string of the molecule is CCc1noc([C@H](C)SCCCC(=O)Nc2c(C)cccc2C)n1. The number of aromatic nitrogens is 2. The van der Waals surface area contributed by atoms with Crippen molar-refractivity contribution >= 4 is 23.4 Å². The maximum atomic E-state index is 12.1. The number of thioether (sulfide) groups is 1. The van der Waals surface area contributed by atoms with Gasteiger partial charge in [-0.1, -0.05) is 30.3 Å². The van der Waals surface area contributed by atoms with Crippen molar-refractivity contribution in [3.63, 3.8) is 0 Å². The molecule has 2 aromatic rings. The van der Waals surface area contributed by atoms with Gasteiger partial charge in [-0.2, -0.15) is 4.98 Å². The fraction of sp³-hybridized carbons (Fsp3) is 0.500. The van der Waals surface area contributed by atoms with Gasteiger partial charge in [-0.25, -0.2) is 0 Å². The predicted octanol–water partition coefficient (Wildman–Crippen LogP) is 4.46. The van der Waals surface area contributed by atoms with Crippen molar-refractivity contribution in [2.24, 2.45) is 0 Å². The number of benzene rings is 1. The Hall–Kier alpha value is -1.82. The van der Waals surface area contributed by atoms with Crippen molar-refractivity contribution in [2.75, 3.05) is 11.1 Å². The minimum atomic E-state index is 0.0618. The Kier molecular flexibility index (Phi) is 6.85. The van der Waals surface area contributed by atoms with Crippen LogP contribution < -0.4 is 5.32 Å². The first-order valence-electron chi connectivity index (χ1n) is 8.31. The summed E-state index contributed by atoms with van der Waals surface area (Å²) < 4.78 is 5.24. The van der Waals surface area contributed by atoms with Gasteiger partial charge in [-0.05, 0) is 44.1 Å². The van der Waals surface area contributed by atoms with E-state index in [0.717, 1.165) is 41.2 Å². The molecule has 0 aliphatic rings. The first-order chi connectivity index (χ1) is 11.5. The van der Waals surface area contributed by atoms with Crippen LogP contribution in [-0.4, -0.2) is 21.8 Å². The highest BCUT2D eigenvalue weighted by Gasteiger charge is 2.14. The largest absolute Gasteiger partial charge is 0.338 e. The fourth-order valence-electron chi connectivity index (χ4n) is 2.35. The quantitative estimate of drug-likeness (QED) is 0.714. The van der Waals surface area contributed by atoms with Crippen molar-refractivity contribution in [1.82, 2.24) is 10.1 Å². The van der Waals surface area contributed by atoms with Crippen LogP contribution in [0.2, 0.25) is 0 Å². The molecule has 1 aromatic heterocycles. The molecule has 0 aliphatic carbocycles. The molecule has 130 valence electrons. The van der Waals surface area contributed by atoms with E-state index in [-0.39, 0.29) is 11.2 Å². The Morgan fingerprint density at radius 1 is 1.33 bits per heavy atom. The van der Waals surface area contributed by atoms with Crippen LogP contribution in [0.15, 0.2) is 22.7 Å². The van der Waals surface area contributed by atoms with Crippen molar-refractivity contribution in [3.8, 4) is 0 Å². The number of carbonyl (C=O) groups excluding carboxylic acids is 1. The third kappa shape index (κ3) is 5.09. The van der Waals surface area contributed by atoms with Gasteiger partial charge in [-0.3, -0.25) is 4.79 Å². The first kappa shape index (κ1) is 18.5. The molecule has 0 aliphatic heterocycles. The van der Waals surface area contributed by atoms with Gasteiger partial charge in [-0.15, -0.1) is 11.8 Å². The molecular weight excluding hydrogens is 322 g/mol. The van der Waals surface area contributed by atoms with E-state index in [4.69, 9.17) is 4.52 Å². The minimum Gasteiger partial charge on any atom is -0.338 e. The van der Waals surface area contributed by atoms with E-state index in [1.54, 1.807) is 11.8 Å². The number of para-hydroxylation sites is 1. The number of hydrogen-bond donors (Lipinski definition) is 1. The van der Waals surface area contributed by atoms with Crippen LogP contribution in [0.5, 0.6) is 0 Å². The van der Waals surface area contributed by atoms with Gasteiger partial charge in [0.1, 0.15) is 0 Å². The average molecular weight is 347 g/mol. The van der Waals surface area contributed by atoms with E-state index in [9.17, 15) is 4.79 Å². The zero-order chi connectivity index (χ0) is 17.5. The number of hydrogen-bond acceptors (Lipinski definition) is 5. The summed E-state index contributed by atoms with van der Waals surface area (Å²) in [6, 6.07) is 6.02. The van der Waals surface area contributed by atoms with E-state index in [0.29, 0.717) is 12.3 Å². The summed E-state index contributed by atoms with van der Waals surface area (Å²) in [7, 11) is 0. The van der Waals surface area contributed by atoms with Gasteiger partial charge >= 0.3 is 0 Å². The Labute approximate surface area is 147 Å². The highest BCUT2D eigenvalue weighted by atomic mass is 32.2. The third-order valence-electron chi connectivity index (χ3n) is 3.81. The number of rotatable bonds is 8. The molecule has 1 amide bonds. The van der Waals surface area contributed by atoms with Crippen LogP contribution in [-0.2, 0) is 11.2 Å². The Morgan fingerprint density at radius 2 is 2.04 bits per heavy atom. The Bertz CT molecular complexity index is 664. The maximum Gasteiger partial charge on any atom is 0.239 e. The number of carbonyl (C=O) groups is 1. The van der Waals surface area contributed by atoms with Gasteiger partial charge in [0.25, 0.3) is 0 Å². The van der Waals surface area contributed by atoms with Crippen molar-refractivity contribution < 1.29 is 9.32 Å². The summed E-state index contributed by atoms with van der Waals surface area (Å²) in [5, 5.41) is 7.08. The molecule has 1 aromatic carbocycles. The lowest BCUT2D eigenvalue weighted by molar-refractivity contribution is -0.116. The zero-order valence-corrected chi connectivity index (χ0v) is 15.6. The topological polar surface area (TPSA) is 68.0 Å². The molecule has 0 spiro atoms. The summed E-state index contributed by atoms with van der Waals surface area (Å²) in [4.78, 5) is 16.5. The maximum absolute atomic E-state index is 12.1. The summed E-state index contributed by atoms with van der Waals surface area (Å²) in [5.41, 5.74) is 3.12. The second kappa shape index (κ2) is 8.87. The van der Waals surface area contributed by atoms with Gasteiger partial charge in [0.05, 0.1) is 5.25 Å². The number of aryl methyl sites for hydroxylation is 3. The molecule has 24 heavy (non-hydrogen) atoms. The van der Waals surface area contributed by atoms with Crippen LogP contribution in [0.3, 0.4) is 0 Å². The van der Waals surface area contributed by atoms with Crippen LogP contribution in [0.25, 0.3) is 0 Å². The predicted molar refractivity (Wildman–Crippen MR) is 98.3 cm³/mol. The second-order valence-electron chi connectivity index (χ2n) is 5.83. The number of nitrogens with one attached hydrogen (secondary N) is 1. The van der Waals surface area contributed by atoms with E-state index in [1.165, 1.54) is 0 Å². The third-order valence-corrected chi connectivity index (χ3v) is 5.04. The molecule has 0 unspecified atom stereocenters. The standard InChI is InChI=1S/C18H25N3O2S/c1-5-15-19-18(23-21-15)14(4)24-11-7-10-16(22)20-17-12(2)8-6-9-13(17)3/h6,8-9,14H,5,7,10-11H2,1-4H3,(H,20,22)/t14-/m0/s1. The Balaban J connectivity index is 1.73. The molecule has 0 radical (unpaired) electrons. The van der Waals surface area contributed by atoms with Crippen LogP contribution in [0, 0.1) is 13.8 Å². The smallest absolute Gasteiger partial charge is 0.239 e. The number of amides is 1. The molecule has 0 saturated heterocycles. The molecule has 2 rings (SSSR count). The summed E-state index contributed by atoms with van der Waals surface area (Å²) in [5.74, 6) is 2.35. The van der Waals surface area contributed by atoms with Gasteiger partial charge in [0.2, 0.25) is 11.8 Å². The molecule has 6 heteroatoms. The summed E-state index contributed by atoms with van der Waals surface area (Å²) in [6.45, 7) is 8.07. The summed E-state index contributed by atoms with van der Waals surface area (Å²) >= 11 is 1.73. The van der Waals surface area contributed by atoms with E-state index < -0.39 is 0 Å². The number of anilines is 1. The lowest BCUT2D eigenvalue weighted by Crippen LogP contribution is -2.13. The van der Waals surface area contributed by atoms with Gasteiger partial charge in [0, 0.05) is 18.5 Å². The summed E-state index contributed by atoms with van der Waals surface area (Å²) in [6.07, 6.45) is 2.11. The van der Waals surface area contributed by atoms with Crippen molar-refractivity contribution in [1.29, 1.82) is 0 Å². The van der Waals surface area contributed by atoms with Gasteiger partial charge in [0.15, 0.2) is 5.82 Å². The molecular formula is C18H25N3O2S. The van der Waals surface area contributed by atoms with Crippen LogP contribution in [0.1, 0.15) is 54.8 Å². The monoisotopic (exact) mass is 347 g/mol. The highest BCUT2D eigenvalue weighted by Crippen LogP contribution is 2.27.